The predicted octanol–water partition coefficient (Wildman–Crippen LogP) is 4.54. The fourth-order valence-corrected chi connectivity index (χ4v) is 4.21. The van der Waals surface area contributed by atoms with Crippen LogP contribution in [0.1, 0.15) is 33.6 Å². The van der Waals surface area contributed by atoms with E-state index in [2.05, 4.69) is 5.32 Å². The van der Waals surface area contributed by atoms with Crippen LogP contribution in [0.15, 0.2) is 54.6 Å². The summed E-state index contributed by atoms with van der Waals surface area (Å²) in [6.45, 7) is 5.79. The van der Waals surface area contributed by atoms with Crippen molar-refractivity contribution in [3.05, 3.63) is 54.6 Å². The van der Waals surface area contributed by atoms with Crippen LogP contribution < -0.4 is 10.1 Å². The summed E-state index contributed by atoms with van der Waals surface area (Å²) in [7, 11) is 0. The number of nitrogens with one attached hydrogen (secondary N) is 1. The molecule has 1 aliphatic carbocycles. The molecule has 4 rings (SSSR count). The molecule has 1 N–H and O–H groups in total. The number of anilines is 1. The highest BCUT2D eigenvalue weighted by Crippen LogP contribution is 2.65. The molecule has 1 aliphatic heterocycles. The fourth-order valence-electron chi connectivity index (χ4n) is 4.21. The van der Waals surface area contributed by atoms with Crippen LogP contribution in [-0.4, -0.2) is 17.5 Å². The molecule has 27 heavy (non-hydrogen) atoms. The van der Waals surface area contributed by atoms with Crippen molar-refractivity contribution in [3.63, 3.8) is 0 Å². The summed E-state index contributed by atoms with van der Waals surface area (Å²) in [5.41, 5.74) is -1.64. The zero-order chi connectivity index (χ0) is 19.3. The topological polar surface area (TPSA) is 64.6 Å². The van der Waals surface area contributed by atoms with Gasteiger partial charge in [-0.15, -0.1) is 0 Å². The second kappa shape index (κ2) is 5.84. The lowest BCUT2D eigenvalue weighted by Gasteiger charge is -2.35. The maximum Gasteiger partial charge on any atom is 0.313 e. The molecular weight excluding hydrogens is 342 g/mol. The lowest BCUT2D eigenvalue weighted by molar-refractivity contribution is -0.165. The first-order valence-electron chi connectivity index (χ1n) is 9.16. The van der Waals surface area contributed by atoms with Crippen molar-refractivity contribution in [1.82, 2.24) is 0 Å². The maximum atomic E-state index is 13.1. The zero-order valence-corrected chi connectivity index (χ0v) is 15.7. The number of hydrogen-bond donors (Lipinski definition) is 1. The second-order valence-electron chi connectivity index (χ2n) is 8.07. The normalized spacial score (nSPS) is 27.9. The summed E-state index contributed by atoms with van der Waals surface area (Å²) in [4.78, 5) is 25.4. The van der Waals surface area contributed by atoms with Gasteiger partial charge in [-0.1, -0.05) is 32.0 Å². The summed E-state index contributed by atoms with van der Waals surface area (Å²) in [6, 6.07) is 16.7. The van der Waals surface area contributed by atoms with Gasteiger partial charge in [0.25, 0.3) is 5.91 Å². The summed E-state index contributed by atoms with van der Waals surface area (Å²) >= 11 is 0. The van der Waals surface area contributed by atoms with Gasteiger partial charge < -0.3 is 14.8 Å². The quantitative estimate of drug-likeness (QED) is 0.808. The maximum absolute atomic E-state index is 13.1. The van der Waals surface area contributed by atoms with Crippen LogP contribution in [0.3, 0.4) is 0 Å². The van der Waals surface area contributed by atoms with Crippen molar-refractivity contribution in [2.45, 2.75) is 39.2 Å². The molecule has 2 aromatic rings. The summed E-state index contributed by atoms with van der Waals surface area (Å²) in [6.07, 6.45) is 1.21. The van der Waals surface area contributed by atoms with E-state index >= 15 is 0 Å². The summed E-state index contributed by atoms with van der Waals surface area (Å²) < 4.78 is 11.4. The molecule has 0 unspecified atom stereocenters. The first-order valence-corrected chi connectivity index (χ1v) is 9.16. The van der Waals surface area contributed by atoms with Gasteiger partial charge in [0.2, 0.25) is 0 Å². The molecule has 5 heteroatoms. The minimum atomic E-state index is -1.11. The monoisotopic (exact) mass is 365 g/mol. The lowest BCUT2D eigenvalue weighted by atomic mass is 9.66. The van der Waals surface area contributed by atoms with E-state index in [0.717, 1.165) is 5.75 Å². The van der Waals surface area contributed by atoms with Crippen molar-refractivity contribution in [1.29, 1.82) is 0 Å². The van der Waals surface area contributed by atoms with E-state index < -0.39 is 16.4 Å². The molecule has 0 aromatic heterocycles. The van der Waals surface area contributed by atoms with Gasteiger partial charge in [-0.25, -0.2) is 0 Å². The second-order valence-corrected chi connectivity index (χ2v) is 8.07. The van der Waals surface area contributed by atoms with Crippen LogP contribution in [0.4, 0.5) is 5.69 Å². The Morgan fingerprint density at radius 3 is 2.15 bits per heavy atom. The van der Waals surface area contributed by atoms with Crippen molar-refractivity contribution in [2.75, 3.05) is 5.32 Å². The molecule has 140 valence electrons. The first-order chi connectivity index (χ1) is 12.8. The van der Waals surface area contributed by atoms with Crippen molar-refractivity contribution in [3.8, 4) is 11.5 Å². The van der Waals surface area contributed by atoms with Crippen LogP contribution in [0, 0.1) is 10.8 Å². The van der Waals surface area contributed by atoms with Crippen molar-refractivity contribution < 1.29 is 19.1 Å². The third-order valence-corrected chi connectivity index (χ3v) is 6.54. The molecule has 2 aromatic carbocycles. The summed E-state index contributed by atoms with van der Waals surface area (Å²) in [5, 5.41) is 2.92. The van der Waals surface area contributed by atoms with Crippen LogP contribution >= 0.6 is 0 Å². The summed E-state index contributed by atoms with van der Waals surface area (Å²) in [5.74, 6) is 0.885. The molecular formula is C22H23NO4. The number of amides is 1. The number of fused-ring (bicyclic) bond motifs is 2. The standard InChI is InChI=1S/C22H23NO4/c1-20(2)21(3)13-14-22(20,27-19(21)25)18(24)23-15-9-11-17(12-10-15)26-16-7-5-4-6-8-16/h4-12H,13-14H2,1-3H3,(H,23,24)/t21-,22-/m0/s1. The number of carbonyl (C=O) groups is 2. The van der Waals surface area contributed by atoms with Gasteiger partial charge in [-0.2, -0.15) is 0 Å². The van der Waals surface area contributed by atoms with Crippen molar-refractivity contribution >= 4 is 17.6 Å². The molecule has 2 atom stereocenters. The molecule has 0 spiro atoms. The molecule has 1 saturated carbocycles. The number of rotatable bonds is 4. The third kappa shape index (κ3) is 2.45. The van der Waals surface area contributed by atoms with Gasteiger partial charge in [-0.3, -0.25) is 9.59 Å². The largest absolute Gasteiger partial charge is 0.457 e. The molecule has 5 nitrogen and oxygen atoms in total. The highest BCUT2D eigenvalue weighted by atomic mass is 16.6. The van der Waals surface area contributed by atoms with Crippen LogP contribution in [0.25, 0.3) is 0 Å². The predicted molar refractivity (Wildman–Crippen MR) is 102 cm³/mol. The van der Waals surface area contributed by atoms with Gasteiger partial charge in [0.05, 0.1) is 5.41 Å². The Labute approximate surface area is 158 Å². The smallest absolute Gasteiger partial charge is 0.313 e. The number of ether oxygens (including phenoxy) is 2. The molecule has 2 aliphatic rings. The SMILES string of the molecule is CC1(C)[C@@]2(C)CC[C@@]1(C(=O)Nc1ccc(Oc3ccccc3)cc1)OC2=O. The number of carbonyl (C=O) groups excluding carboxylic acids is 2. The van der Waals surface area contributed by atoms with Crippen molar-refractivity contribution in [2.24, 2.45) is 10.8 Å². The van der Waals surface area contributed by atoms with Gasteiger partial charge in [0.15, 0.2) is 5.60 Å². The Hall–Kier alpha value is -2.82. The van der Waals surface area contributed by atoms with Crippen LogP contribution in [0.5, 0.6) is 11.5 Å². The minimum absolute atomic E-state index is 0.265. The molecule has 2 fully saturated rings. The lowest BCUT2D eigenvalue weighted by Crippen LogP contribution is -2.50. The Morgan fingerprint density at radius 2 is 1.59 bits per heavy atom. The van der Waals surface area contributed by atoms with E-state index in [1.165, 1.54) is 0 Å². The number of esters is 1. The highest BCUT2D eigenvalue weighted by Gasteiger charge is 2.75. The van der Waals surface area contributed by atoms with Gasteiger partial charge >= 0.3 is 5.97 Å². The molecule has 1 saturated heterocycles. The molecule has 1 amide bonds. The van der Waals surface area contributed by atoms with E-state index in [1.807, 2.05) is 51.1 Å². The zero-order valence-electron chi connectivity index (χ0n) is 15.7. The Morgan fingerprint density at radius 1 is 0.963 bits per heavy atom. The molecule has 1 heterocycles. The van der Waals surface area contributed by atoms with Gasteiger partial charge in [0.1, 0.15) is 11.5 Å². The fraction of sp³-hybridized carbons (Fsp3) is 0.364. The van der Waals surface area contributed by atoms with E-state index in [1.54, 1.807) is 24.3 Å². The number of para-hydroxylation sites is 1. The molecule has 2 bridgehead atoms. The Kier molecular flexibility index (Phi) is 3.81. The van der Waals surface area contributed by atoms with Crippen LogP contribution in [-0.2, 0) is 14.3 Å². The van der Waals surface area contributed by atoms with E-state index in [-0.39, 0.29) is 11.9 Å². The number of hydrogen-bond acceptors (Lipinski definition) is 4. The van der Waals surface area contributed by atoms with E-state index in [0.29, 0.717) is 24.3 Å². The van der Waals surface area contributed by atoms with E-state index in [4.69, 9.17) is 9.47 Å². The highest BCUT2D eigenvalue weighted by molar-refractivity contribution is 6.03. The van der Waals surface area contributed by atoms with Crippen LogP contribution in [0.2, 0.25) is 0 Å². The number of benzene rings is 2. The first kappa shape index (κ1) is 17.6. The van der Waals surface area contributed by atoms with E-state index in [9.17, 15) is 9.59 Å². The minimum Gasteiger partial charge on any atom is -0.457 e. The average molecular weight is 365 g/mol. The third-order valence-electron chi connectivity index (χ3n) is 6.54. The Balaban J connectivity index is 1.50. The molecule has 0 radical (unpaired) electrons. The van der Waals surface area contributed by atoms with Gasteiger partial charge in [-0.05, 0) is 56.2 Å². The van der Waals surface area contributed by atoms with Gasteiger partial charge in [0, 0.05) is 11.1 Å². The Bertz CT molecular complexity index is 890. The average Bonchev–Trinajstić information content (AvgIpc) is 2.95.